The van der Waals surface area contributed by atoms with E-state index in [1.54, 1.807) is 13.3 Å². The summed E-state index contributed by atoms with van der Waals surface area (Å²) in [5.41, 5.74) is 2.43. The molecule has 0 unspecified atom stereocenters. The molecule has 5 heteroatoms. The predicted octanol–water partition coefficient (Wildman–Crippen LogP) is 3.35. The van der Waals surface area contributed by atoms with Crippen LogP contribution in [0.2, 0.25) is 0 Å². The summed E-state index contributed by atoms with van der Waals surface area (Å²) < 4.78 is 5.25. The van der Waals surface area contributed by atoms with Crippen LogP contribution in [0.3, 0.4) is 0 Å². The Balaban J connectivity index is 1.35. The first-order chi connectivity index (χ1) is 13.7. The number of nitrogens with zero attached hydrogens (tertiary/aromatic N) is 3. The highest BCUT2D eigenvalue weighted by Crippen LogP contribution is 2.33. The fourth-order valence-electron chi connectivity index (χ4n) is 4.56. The highest BCUT2D eigenvalue weighted by atomic mass is 16.5. The maximum Gasteiger partial charge on any atom is 0.223 e. The molecule has 0 bridgehead atoms. The van der Waals surface area contributed by atoms with E-state index in [-0.39, 0.29) is 0 Å². The Bertz CT molecular complexity index is 778. The summed E-state index contributed by atoms with van der Waals surface area (Å²) >= 11 is 0. The van der Waals surface area contributed by atoms with Crippen molar-refractivity contribution in [2.45, 2.75) is 32.4 Å². The lowest BCUT2D eigenvalue weighted by Gasteiger charge is -2.37. The van der Waals surface area contributed by atoms with Crippen LogP contribution in [0.15, 0.2) is 48.8 Å². The highest BCUT2D eigenvalue weighted by molar-refractivity contribution is 5.76. The van der Waals surface area contributed by atoms with Gasteiger partial charge >= 0.3 is 0 Å². The van der Waals surface area contributed by atoms with Crippen LogP contribution >= 0.6 is 0 Å². The summed E-state index contributed by atoms with van der Waals surface area (Å²) in [5, 5.41) is 0. The molecule has 1 aromatic carbocycles. The van der Waals surface area contributed by atoms with Gasteiger partial charge in [-0.25, -0.2) is 0 Å². The zero-order chi connectivity index (χ0) is 19.3. The molecule has 0 saturated carbocycles. The Hall–Kier alpha value is -2.40. The molecule has 2 atom stereocenters. The zero-order valence-electron chi connectivity index (χ0n) is 16.6. The molecule has 2 fully saturated rings. The molecule has 28 heavy (non-hydrogen) atoms. The van der Waals surface area contributed by atoms with Gasteiger partial charge in [0.05, 0.1) is 7.11 Å². The average Bonchev–Trinajstić information content (AvgIpc) is 2.88. The molecule has 0 radical (unpaired) electrons. The van der Waals surface area contributed by atoms with Crippen molar-refractivity contribution in [3.8, 4) is 5.75 Å². The SMILES string of the molecule is COc1ccc(CN2CC[C@H]3CC(=O)N(Cc4cccnc4)CC[C@H]3C2)cc1. The topological polar surface area (TPSA) is 45.7 Å². The first kappa shape index (κ1) is 18.9. The lowest BCUT2D eigenvalue weighted by molar-refractivity contribution is -0.132. The van der Waals surface area contributed by atoms with E-state index in [1.807, 2.05) is 29.3 Å². The van der Waals surface area contributed by atoms with E-state index in [4.69, 9.17) is 4.74 Å². The number of likely N-dealkylation sites (tertiary alicyclic amines) is 2. The Kier molecular flexibility index (Phi) is 5.91. The third-order valence-corrected chi connectivity index (χ3v) is 6.20. The van der Waals surface area contributed by atoms with Crippen LogP contribution in [0.1, 0.15) is 30.4 Å². The van der Waals surface area contributed by atoms with Gasteiger partial charge in [-0.2, -0.15) is 0 Å². The van der Waals surface area contributed by atoms with E-state index < -0.39 is 0 Å². The van der Waals surface area contributed by atoms with Crippen LogP contribution in [0, 0.1) is 11.8 Å². The molecule has 2 aliphatic rings. The van der Waals surface area contributed by atoms with E-state index >= 15 is 0 Å². The van der Waals surface area contributed by atoms with E-state index in [0.717, 1.165) is 50.3 Å². The van der Waals surface area contributed by atoms with Gasteiger partial charge in [-0.15, -0.1) is 0 Å². The number of amides is 1. The maximum atomic E-state index is 12.8. The van der Waals surface area contributed by atoms with E-state index in [2.05, 4.69) is 28.1 Å². The summed E-state index contributed by atoms with van der Waals surface area (Å²) in [6.07, 6.45) is 6.55. The number of hydrogen-bond donors (Lipinski definition) is 0. The molecule has 4 rings (SSSR count). The van der Waals surface area contributed by atoms with Crippen LogP contribution in [-0.4, -0.2) is 47.4 Å². The Labute approximate surface area is 167 Å². The van der Waals surface area contributed by atoms with Crippen molar-refractivity contribution in [3.05, 3.63) is 59.9 Å². The van der Waals surface area contributed by atoms with Gasteiger partial charge in [-0.1, -0.05) is 18.2 Å². The molecule has 3 heterocycles. The largest absolute Gasteiger partial charge is 0.497 e. The number of ether oxygens (including phenoxy) is 1. The average molecular weight is 380 g/mol. The van der Waals surface area contributed by atoms with Gasteiger partial charge in [0.15, 0.2) is 0 Å². The number of methoxy groups -OCH3 is 1. The molecule has 148 valence electrons. The first-order valence-corrected chi connectivity index (χ1v) is 10.2. The van der Waals surface area contributed by atoms with Gasteiger partial charge in [0.25, 0.3) is 0 Å². The van der Waals surface area contributed by atoms with Gasteiger partial charge in [0.2, 0.25) is 5.91 Å². The number of hydrogen-bond acceptors (Lipinski definition) is 4. The predicted molar refractivity (Wildman–Crippen MR) is 109 cm³/mol. The normalized spacial score (nSPS) is 23.2. The highest BCUT2D eigenvalue weighted by Gasteiger charge is 2.34. The van der Waals surface area contributed by atoms with Crippen molar-refractivity contribution in [2.75, 3.05) is 26.7 Å². The van der Waals surface area contributed by atoms with Gasteiger partial charge < -0.3 is 9.64 Å². The molecule has 2 aliphatic heterocycles. The van der Waals surface area contributed by atoms with E-state index in [9.17, 15) is 4.79 Å². The summed E-state index contributed by atoms with van der Waals surface area (Å²) in [4.78, 5) is 21.5. The van der Waals surface area contributed by atoms with Gasteiger partial charge in [-0.05, 0) is 60.5 Å². The smallest absolute Gasteiger partial charge is 0.223 e. The molecule has 0 spiro atoms. The fraction of sp³-hybridized carbons (Fsp3) is 0.478. The molecule has 2 aromatic rings. The van der Waals surface area contributed by atoms with E-state index in [1.165, 1.54) is 5.56 Å². The van der Waals surface area contributed by atoms with Crippen molar-refractivity contribution < 1.29 is 9.53 Å². The van der Waals surface area contributed by atoms with Crippen LogP contribution in [0.5, 0.6) is 5.75 Å². The quantitative estimate of drug-likeness (QED) is 0.799. The fourth-order valence-corrected chi connectivity index (χ4v) is 4.56. The molecular weight excluding hydrogens is 350 g/mol. The molecule has 0 N–H and O–H groups in total. The number of carbonyl (C=O) groups excluding carboxylic acids is 1. The number of fused-ring (bicyclic) bond motifs is 1. The van der Waals surface area contributed by atoms with Crippen molar-refractivity contribution in [3.63, 3.8) is 0 Å². The van der Waals surface area contributed by atoms with Crippen LogP contribution < -0.4 is 4.74 Å². The second-order valence-corrected chi connectivity index (χ2v) is 8.06. The van der Waals surface area contributed by atoms with Crippen molar-refractivity contribution >= 4 is 5.91 Å². The van der Waals surface area contributed by atoms with Gasteiger partial charge in [-0.3, -0.25) is 14.7 Å². The second-order valence-electron chi connectivity index (χ2n) is 8.06. The summed E-state index contributed by atoms with van der Waals surface area (Å²) in [5.74, 6) is 2.34. The van der Waals surface area contributed by atoms with E-state index in [0.29, 0.717) is 30.7 Å². The monoisotopic (exact) mass is 379 g/mol. The van der Waals surface area contributed by atoms with Crippen molar-refractivity contribution in [1.82, 2.24) is 14.8 Å². The third kappa shape index (κ3) is 4.53. The molecule has 0 aliphatic carbocycles. The number of rotatable bonds is 5. The minimum absolute atomic E-state index is 0.306. The Morgan fingerprint density at radius 3 is 2.61 bits per heavy atom. The van der Waals surface area contributed by atoms with Crippen LogP contribution in [-0.2, 0) is 17.9 Å². The minimum atomic E-state index is 0.306. The molecule has 2 saturated heterocycles. The summed E-state index contributed by atoms with van der Waals surface area (Å²) in [6.45, 7) is 4.67. The summed E-state index contributed by atoms with van der Waals surface area (Å²) in [7, 11) is 1.70. The van der Waals surface area contributed by atoms with Crippen molar-refractivity contribution in [2.24, 2.45) is 11.8 Å². The Morgan fingerprint density at radius 1 is 1.04 bits per heavy atom. The third-order valence-electron chi connectivity index (χ3n) is 6.20. The zero-order valence-corrected chi connectivity index (χ0v) is 16.6. The van der Waals surface area contributed by atoms with Gasteiger partial charge in [0, 0.05) is 45.0 Å². The lowest BCUT2D eigenvalue weighted by atomic mass is 9.82. The maximum absolute atomic E-state index is 12.8. The number of piperidine rings is 1. The molecular formula is C23H29N3O2. The molecule has 5 nitrogen and oxygen atoms in total. The van der Waals surface area contributed by atoms with Crippen LogP contribution in [0.4, 0.5) is 0 Å². The standard InChI is InChI=1S/C23H29N3O2/c1-28-22-6-4-18(5-7-22)15-25-11-8-20-13-23(27)26(12-9-21(20)17-25)16-19-3-2-10-24-14-19/h2-7,10,14,20-21H,8-9,11-13,15-17H2,1H3/t20-,21-/m0/s1. The Morgan fingerprint density at radius 2 is 1.86 bits per heavy atom. The number of pyridine rings is 1. The number of aromatic nitrogens is 1. The number of benzene rings is 1. The molecule has 1 amide bonds. The second kappa shape index (κ2) is 8.74. The van der Waals surface area contributed by atoms with Crippen LogP contribution in [0.25, 0.3) is 0 Å². The molecule has 1 aromatic heterocycles. The number of carbonyl (C=O) groups is 1. The lowest BCUT2D eigenvalue weighted by Crippen LogP contribution is -2.40. The van der Waals surface area contributed by atoms with Crippen molar-refractivity contribution in [1.29, 1.82) is 0 Å². The first-order valence-electron chi connectivity index (χ1n) is 10.2. The summed E-state index contributed by atoms with van der Waals surface area (Å²) in [6, 6.07) is 12.4. The minimum Gasteiger partial charge on any atom is -0.497 e. The van der Waals surface area contributed by atoms with Gasteiger partial charge in [0.1, 0.15) is 5.75 Å².